The highest BCUT2D eigenvalue weighted by Gasteiger charge is 1.95. The lowest BCUT2D eigenvalue weighted by atomic mass is 10.2. The Morgan fingerprint density at radius 3 is 2.75 bits per heavy atom. The largest absolute Gasteiger partial charge is 0.366 e. The molecule has 2 heteroatoms. The summed E-state index contributed by atoms with van der Waals surface area (Å²) in [6, 6.07) is 13.8. The van der Waals surface area contributed by atoms with E-state index in [1.165, 1.54) is 5.56 Å². The van der Waals surface area contributed by atoms with Crippen LogP contribution in [0.2, 0.25) is 0 Å². The molecule has 0 fully saturated rings. The quantitative estimate of drug-likeness (QED) is 0.784. The van der Waals surface area contributed by atoms with Gasteiger partial charge in [-0.1, -0.05) is 36.3 Å². The number of hydrogen-bond donors (Lipinski definition) is 1. The van der Waals surface area contributed by atoms with E-state index in [1.54, 1.807) is 6.20 Å². The molecule has 0 saturated heterocycles. The van der Waals surface area contributed by atoms with Crippen molar-refractivity contribution in [1.82, 2.24) is 4.98 Å². The molecule has 0 amide bonds. The zero-order chi connectivity index (χ0) is 11.2. The van der Waals surface area contributed by atoms with Crippen LogP contribution < -0.4 is 5.32 Å². The molecule has 0 saturated carbocycles. The summed E-state index contributed by atoms with van der Waals surface area (Å²) >= 11 is 0. The Hall–Kier alpha value is -2.27. The van der Waals surface area contributed by atoms with Gasteiger partial charge < -0.3 is 5.32 Å². The van der Waals surface area contributed by atoms with Crippen LogP contribution in [0, 0.1) is 12.3 Å². The predicted molar refractivity (Wildman–Crippen MR) is 65.9 cm³/mol. The maximum absolute atomic E-state index is 5.32. The van der Waals surface area contributed by atoms with E-state index in [1.807, 2.05) is 30.3 Å². The highest BCUT2D eigenvalue weighted by atomic mass is 15.0. The molecule has 2 nitrogen and oxygen atoms in total. The molecular formula is C14H12N2. The topological polar surface area (TPSA) is 24.9 Å². The number of hydrogen-bond acceptors (Lipinski definition) is 2. The summed E-state index contributed by atoms with van der Waals surface area (Å²) in [7, 11) is 0. The fraction of sp³-hybridized carbons (Fsp3) is 0.0714. The lowest BCUT2D eigenvalue weighted by molar-refractivity contribution is 1.11. The Bertz CT molecular complexity index is 498. The standard InChI is InChI=1S/C14H12N2/c1-2-12-8-9-15-14(10-12)16-11-13-6-4-3-5-7-13/h1,3-10H,11H2,(H,15,16). The maximum atomic E-state index is 5.32. The van der Waals surface area contributed by atoms with Crippen LogP contribution in [-0.4, -0.2) is 4.98 Å². The zero-order valence-electron chi connectivity index (χ0n) is 8.85. The Labute approximate surface area is 95.4 Å². The minimum Gasteiger partial charge on any atom is -0.366 e. The number of anilines is 1. The van der Waals surface area contributed by atoms with Gasteiger partial charge in [0.25, 0.3) is 0 Å². The fourth-order valence-electron chi connectivity index (χ4n) is 1.41. The molecule has 16 heavy (non-hydrogen) atoms. The summed E-state index contributed by atoms with van der Waals surface area (Å²) in [6.07, 6.45) is 7.03. The highest BCUT2D eigenvalue weighted by Crippen LogP contribution is 2.07. The monoisotopic (exact) mass is 208 g/mol. The van der Waals surface area contributed by atoms with Crippen molar-refractivity contribution in [1.29, 1.82) is 0 Å². The molecule has 1 N–H and O–H groups in total. The van der Waals surface area contributed by atoms with Crippen molar-refractivity contribution < 1.29 is 0 Å². The molecule has 78 valence electrons. The highest BCUT2D eigenvalue weighted by molar-refractivity contribution is 5.44. The first-order valence-electron chi connectivity index (χ1n) is 5.09. The van der Waals surface area contributed by atoms with Crippen LogP contribution in [0.25, 0.3) is 0 Å². The first kappa shape index (κ1) is 10.3. The molecular weight excluding hydrogens is 196 g/mol. The summed E-state index contributed by atoms with van der Waals surface area (Å²) in [4.78, 5) is 4.20. The summed E-state index contributed by atoms with van der Waals surface area (Å²) in [5.74, 6) is 3.39. The van der Waals surface area contributed by atoms with Crippen LogP contribution in [0.3, 0.4) is 0 Å². The minimum absolute atomic E-state index is 0.752. The lowest BCUT2D eigenvalue weighted by Crippen LogP contribution is -2.00. The van der Waals surface area contributed by atoms with Gasteiger partial charge in [-0.2, -0.15) is 0 Å². The molecule has 0 aliphatic carbocycles. The number of benzene rings is 1. The molecule has 2 rings (SSSR count). The molecule has 1 heterocycles. The molecule has 0 radical (unpaired) electrons. The molecule has 0 unspecified atom stereocenters. The molecule has 0 aliphatic heterocycles. The fourth-order valence-corrected chi connectivity index (χ4v) is 1.41. The van der Waals surface area contributed by atoms with Crippen LogP contribution in [0.4, 0.5) is 5.82 Å². The van der Waals surface area contributed by atoms with E-state index in [0.717, 1.165) is 17.9 Å². The summed E-state index contributed by atoms with van der Waals surface area (Å²) in [5.41, 5.74) is 2.06. The number of pyridine rings is 1. The van der Waals surface area contributed by atoms with Gasteiger partial charge >= 0.3 is 0 Å². The maximum Gasteiger partial charge on any atom is 0.127 e. The van der Waals surface area contributed by atoms with Crippen LogP contribution >= 0.6 is 0 Å². The molecule has 2 aromatic rings. The summed E-state index contributed by atoms with van der Waals surface area (Å²) in [6.45, 7) is 0.752. The second-order valence-corrected chi connectivity index (χ2v) is 3.41. The number of rotatable bonds is 3. The smallest absolute Gasteiger partial charge is 0.127 e. The normalized spacial score (nSPS) is 9.44. The van der Waals surface area contributed by atoms with Crippen molar-refractivity contribution in [2.75, 3.05) is 5.32 Å². The Morgan fingerprint density at radius 2 is 2.00 bits per heavy atom. The predicted octanol–water partition coefficient (Wildman–Crippen LogP) is 2.68. The summed E-state index contributed by atoms with van der Waals surface area (Å²) in [5, 5.41) is 3.23. The summed E-state index contributed by atoms with van der Waals surface area (Å²) < 4.78 is 0. The van der Waals surface area contributed by atoms with Gasteiger partial charge in [-0.25, -0.2) is 4.98 Å². The Balaban J connectivity index is 2.03. The Morgan fingerprint density at radius 1 is 1.19 bits per heavy atom. The van der Waals surface area contributed by atoms with Crippen molar-refractivity contribution in [3.63, 3.8) is 0 Å². The third-order valence-electron chi connectivity index (χ3n) is 2.24. The molecule has 1 aromatic heterocycles. The van der Waals surface area contributed by atoms with Gasteiger partial charge in [0.05, 0.1) is 0 Å². The molecule has 0 spiro atoms. The van der Waals surface area contributed by atoms with Gasteiger partial charge in [0.1, 0.15) is 5.82 Å². The van der Waals surface area contributed by atoms with E-state index in [9.17, 15) is 0 Å². The average molecular weight is 208 g/mol. The number of aromatic nitrogens is 1. The van der Waals surface area contributed by atoms with Crippen LogP contribution in [-0.2, 0) is 6.54 Å². The van der Waals surface area contributed by atoms with Gasteiger partial charge in [-0.05, 0) is 17.7 Å². The number of terminal acetylenes is 1. The number of nitrogens with zero attached hydrogens (tertiary/aromatic N) is 1. The average Bonchev–Trinajstić information content (AvgIpc) is 2.38. The van der Waals surface area contributed by atoms with E-state index in [0.29, 0.717) is 0 Å². The van der Waals surface area contributed by atoms with Crippen LogP contribution in [0.5, 0.6) is 0 Å². The number of nitrogens with one attached hydrogen (secondary N) is 1. The molecule has 1 aromatic carbocycles. The van der Waals surface area contributed by atoms with Crippen molar-refractivity contribution in [2.45, 2.75) is 6.54 Å². The first-order chi connectivity index (χ1) is 7.88. The van der Waals surface area contributed by atoms with E-state index in [-0.39, 0.29) is 0 Å². The SMILES string of the molecule is C#Cc1ccnc(NCc2ccccc2)c1. The van der Waals surface area contributed by atoms with Crippen LogP contribution in [0.1, 0.15) is 11.1 Å². The molecule has 0 aliphatic rings. The Kier molecular flexibility index (Phi) is 3.20. The van der Waals surface area contributed by atoms with E-state index in [4.69, 9.17) is 6.42 Å². The van der Waals surface area contributed by atoms with Crippen molar-refractivity contribution in [3.8, 4) is 12.3 Å². The van der Waals surface area contributed by atoms with E-state index in [2.05, 4.69) is 28.4 Å². The van der Waals surface area contributed by atoms with E-state index < -0.39 is 0 Å². The van der Waals surface area contributed by atoms with Crippen LogP contribution in [0.15, 0.2) is 48.7 Å². The second kappa shape index (κ2) is 4.99. The third-order valence-corrected chi connectivity index (χ3v) is 2.24. The minimum atomic E-state index is 0.752. The van der Waals surface area contributed by atoms with Crippen molar-refractivity contribution >= 4 is 5.82 Å². The van der Waals surface area contributed by atoms with Gasteiger partial charge in [0.2, 0.25) is 0 Å². The van der Waals surface area contributed by atoms with Crippen molar-refractivity contribution in [2.24, 2.45) is 0 Å². The van der Waals surface area contributed by atoms with Gasteiger partial charge in [0.15, 0.2) is 0 Å². The zero-order valence-corrected chi connectivity index (χ0v) is 8.85. The molecule has 0 atom stereocenters. The second-order valence-electron chi connectivity index (χ2n) is 3.41. The van der Waals surface area contributed by atoms with Gasteiger partial charge in [-0.15, -0.1) is 6.42 Å². The first-order valence-corrected chi connectivity index (χ1v) is 5.09. The molecule has 0 bridgehead atoms. The van der Waals surface area contributed by atoms with Gasteiger partial charge in [-0.3, -0.25) is 0 Å². The lowest BCUT2D eigenvalue weighted by Gasteiger charge is -2.05. The van der Waals surface area contributed by atoms with Gasteiger partial charge in [0, 0.05) is 18.3 Å². The third kappa shape index (κ3) is 2.61. The van der Waals surface area contributed by atoms with Crippen molar-refractivity contribution in [3.05, 3.63) is 59.8 Å². The van der Waals surface area contributed by atoms with E-state index >= 15 is 0 Å².